The van der Waals surface area contributed by atoms with E-state index in [1.807, 2.05) is 43.0 Å². The van der Waals surface area contributed by atoms with Crippen LogP contribution < -0.4 is 4.74 Å². The summed E-state index contributed by atoms with van der Waals surface area (Å²) in [5, 5.41) is 19.2. The Kier molecular flexibility index (Phi) is 6.12. The molecule has 1 unspecified atom stereocenters. The molecule has 0 aliphatic rings. The first-order valence-electron chi connectivity index (χ1n) is 6.25. The number of rotatable bonds is 7. The molecule has 0 heterocycles. The molecule has 1 rings (SSSR count). The summed E-state index contributed by atoms with van der Waals surface area (Å²) in [5.74, 6) is 0.741. The molecule has 2 N–H and O–H groups in total. The molecular formula is C14H23NO3. The fraction of sp³-hybridized carbons (Fsp3) is 0.571. The lowest BCUT2D eigenvalue weighted by Crippen LogP contribution is -2.36. The van der Waals surface area contributed by atoms with Gasteiger partial charge in [-0.25, -0.2) is 0 Å². The van der Waals surface area contributed by atoms with E-state index in [2.05, 4.69) is 0 Å². The van der Waals surface area contributed by atoms with Crippen molar-refractivity contribution in [3.63, 3.8) is 0 Å². The van der Waals surface area contributed by atoms with Gasteiger partial charge in [-0.05, 0) is 31.5 Å². The van der Waals surface area contributed by atoms with E-state index in [1.54, 1.807) is 7.11 Å². The van der Waals surface area contributed by atoms with Crippen LogP contribution in [0.15, 0.2) is 24.3 Å². The Morgan fingerprint density at radius 2 is 2.06 bits per heavy atom. The quantitative estimate of drug-likeness (QED) is 0.772. The predicted molar refractivity (Wildman–Crippen MR) is 71.7 cm³/mol. The highest BCUT2D eigenvalue weighted by Crippen LogP contribution is 2.20. The Bertz CT molecular complexity index is 355. The number of hydrogen-bond acceptors (Lipinski definition) is 4. The van der Waals surface area contributed by atoms with Gasteiger partial charge in [0.1, 0.15) is 5.75 Å². The molecular weight excluding hydrogens is 230 g/mol. The molecule has 1 aromatic carbocycles. The van der Waals surface area contributed by atoms with Crippen molar-refractivity contribution in [2.45, 2.75) is 26.0 Å². The summed E-state index contributed by atoms with van der Waals surface area (Å²) in [7, 11) is 1.61. The molecule has 0 radical (unpaired) electrons. The van der Waals surface area contributed by atoms with Crippen molar-refractivity contribution in [1.29, 1.82) is 0 Å². The Morgan fingerprint density at radius 1 is 1.33 bits per heavy atom. The smallest absolute Gasteiger partial charge is 0.119 e. The second kappa shape index (κ2) is 7.36. The van der Waals surface area contributed by atoms with Gasteiger partial charge in [-0.15, -0.1) is 0 Å². The zero-order chi connectivity index (χ0) is 13.5. The highest BCUT2D eigenvalue weighted by Gasteiger charge is 2.16. The van der Waals surface area contributed by atoms with Gasteiger partial charge in [-0.3, -0.25) is 4.90 Å². The van der Waals surface area contributed by atoms with Gasteiger partial charge >= 0.3 is 0 Å². The summed E-state index contributed by atoms with van der Waals surface area (Å²) in [6, 6.07) is 7.72. The third kappa shape index (κ3) is 4.29. The number of aliphatic hydroxyl groups is 2. The van der Waals surface area contributed by atoms with Gasteiger partial charge in [0.05, 0.1) is 19.8 Å². The third-order valence-electron chi connectivity index (χ3n) is 3.00. The number of ether oxygens (including phenoxy) is 1. The minimum Gasteiger partial charge on any atom is -0.497 e. The van der Waals surface area contributed by atoms with E-state index in [4.69, 9.17) is 9.84 Å². The predicted octanol–water partition coefficient (Wildman–Crippen LogP) is 1.43. The van der Waals surface area contributed by atoms with Gasteiger partial charge in [-0.1, -0.05) is 12.1 Å². The molecule has 0 aliphatic heterocycles. The van der Waals surface area contributed by atoms with Crippen LogP contribution in [0.1, 0.15) is 25.5 Å². The zero-order valence-corrected chi connectivity index (χ0v) is 11.3. The van der Waals surface area contributed by atoms with Crippen LogP contribution in [-0.4, -0.2) is 48.0 Å². The molecule has 0 saturated heterocycles. The number of hydrogen-bond donors (Lipinski definition) is 2. The minimum atomic E-state index is -0.575. The van der Waals surface area contributed by atoms with Crippen molar-refractivity contribution in [2.24, 2.45) is 0 Å². The maximum atomic E-state index is 10.2. The Hall–Kier alpha value is -1.10. The second-order valence-electron chi connectivity index (χ2n) is 4.60. The molecule has 4 heteroatoms. The van der Waals surface area contributed by atoms with Crippen LogP contribution in [0.25, 0.3) is 0 Å². The summed E-state index contributed by atoms with van der Waals surface area (Å²) in [4.78, 5) is 2.05. The van der Waals surface area contributed by atoms with Gasteiger partial charge in [0.25, 0.3) is 0 Å². The summed E-state index contributed by atoms with van der Waals surface area (Å²) < 4.78 is 5.14. The van der Waals surface area contributed by atoms with Gasteiger partial charge in [0.15, 0.2) is 0 Å². The normalized spacial score (nSPS) is 13.1. The lowest BCUT2D eigenvalue weighted by molar-refractivity contribution is 0.0819. The van der Waals surface area contributed by atoms with E-state index in [0.29, 0.717) is 13.1 Å². The highest BCUT2D eigenvalue weighted by molar-refractivity contribution is 5.29. The number of benzene rings is 1. The third-order valence-corrected chi connectivity index (χ3v) is 3.00. The van der Waals surface area contributed by atoms with E-state index in [9.17, 15) is 5.11 Å². The van der Waals surface area contributed by atoms with E-state index in [1.165, 1.54) is 0 Å². The first kappa shape index (κ1) is 15.0. The van der Waals surface area contributed by atoms with Crippen LogP contribution in [0.3, 0.4) is 0 Å². The minimum absolute atomic E-state index is 0.100. The van der Waals surface area contributed by atoms with Crippen LogP contribution in [0.5, 0.6) is 5.75 Å². The Labute approximate surface area is 109 Å². The zero-order valence-electron chi connectivity index (χ0n) is 11.3. The number of aliphatic hydroxyl groups excluding tert-OH is 2. The molecule has 1 aromatic rings. The van der Waals surface area contributed by atoms with Crippen molar-refractivity contribution in [3.05, 3.63) is 29.8 Å². The lowest BCUT2D eigenvalue weighted by atomic mass is 10.1. The van der Waals surface area contributed by atoms with Gasteiger partial charge in [-0.2, -0.15) is 0 Å². The number of nitrogens with zero attached hydrogens (tertiary/aromatic N) is 1. The Balaban J connectivity index is 2.70. The Morgan fingerprint density at radius 3 is 2.61 bits per heavy atom. The second-order valence-corrected chi connectivity index (χ2v) is 4.60. The molecule has 102 valence electrons. The van der Waals surface area contributed by atoms with Crippen LogP contribution in [0, 0.1) is 0 Å². The highest BCUT2D eigenvalue weighted by atomic mass is 16.5. The summed E-state index contributed by atoms with van der Waals surface area (Å²) in [6.45, 7) is 5.27. The average Bonchev–Trinajstić information content (AvgIpc) is 2.38. The van der Waals surface area contributed by atoms with Crippen molar-refractivity contribution in [1.82, 2.24) is 4.90 Å². The molecule has 1 atom stereocenters. The maximum absolute atomic E-state index is 10.2. The van der Waals surface area contributed by atoms with Crippen LogP contribution >= 0.6 is 0 Å². The van der Waals surface area contributed by atoms with Crippen LogP contribution in [-0.2, 0) is 0 Å². The fourth-order valence-electron chi connectivity index (χ4n) is 1.87. The fourth-order valence-corrected chi connectivity index (χ4v) is 1.87. The van der Waals surface area contributed by atoms with Gasteiger partial charge in [0.2, 0.25) is 0 Å². The standard InChI is InChI=1S/C14H23NO3/c1-11(2)15(7-8-16)10-14(17)12-5-4-6-13(9-12)18-3/h4-6,9,11,14,16-17H,7-8,10H2,1-3H3. The largest absolute Gasteiger partial charge is 0.497 e. The van der Waals surface area contributed by atoms with E-state index < -0.39 is 6.10 Å². The first-order chi connectivity index (χ1) is 8.58. The van der Waals surface area contributed by atoms with E-state index in [-0.39, 0.29) is 12.6 Å². The topological polar surface area (TPSA) is 52.9 Å². The van der Waals surface area contributed by atoms with Crippen molar-refractivity contribution in [2.75, 3.05) is 26.8 Å². The maximum Gasteiger partial charge on any atom is 0.119 e. The summed E-state index contributed by atoms with van der Waals surface area (Å²) in [5.41, 5.74) is 0.831. The number of methoxy groups -OCH3 is 1. The molecule has 0 saturated carbocycles. The average molecular weight is 253 g/mol. The molecule has 0 aromatic heterocycles. The molecule has 0 fully saturated rings. The molecule has 18 heavy (non-hydrogen) atoms. The van der Waals surface area contributed by atoms with E-state index in [0.717, 1.165) is 11.3 Å². The first-order valence-corrected chi connectivity index (χ1v) is 6.25. The summed E-state index contributed by atoms with van der Waals surface area (Å²) >= 11 is 0. The molecule has 0 aliphatic carbocycles. The van der Waals surface area contributed by atoms with Crippen molar-refractivity contribution < 1.29 is 14.9 Å². The molecule has 0 amide bonds. The van der Waals surface area contributed by atoms with Crippen LogP contribution in [0.2, 0.25) is 0 Å². The molecule has 0 bridgehead atoms. The van der Waals surface area contributed by atoms with Crippen LogP contribution in [0.4, 0.5) is 0 Å². The van der Waals surface area contributed by atoms with Gasteiger partial charge in [0, 0.05) is 19.1 Å². The summed E-state index contributed by atoms with van der Waals surface area (Å²) in [6.07, 6.45) is -0.575. The SMILES string of the molecule is COc1cccc(C(O)CN(CCO)C(C)C)c1. The van der Waals surface area contributed by atoms with Gasteiger partial charge < -0.3 is 14.9 Å². The van der Waals surface area contributed by atoms with E-state index >= 15 is 0 Å². The molecule has 4 nitrogen and oxygen atoms in total. The monoisotopic (exact) mass is 253 g/mol. The van der Waals surface area contributed by atoms with Crippen molar-refractivity contribution >= 4 is 0 Å². The van der Waals surface area contributed by atoms with Crippen molar-refractivity contribution in [3.8, 4) is 5.75 Å². The lowest BCUT2D eigenvalue weighted by Gasteiger charge is -2.28. The molecule has 0 spiro atoms.